The van der Waals surface area contributed by atoms with Crippen LogP contribution in [0.4, 0.5) is 5.69 Å². The molecule has 15 heteroatoms. The van der Waals surface area contributed by atoms with E-state index in [0.29, 0.717) is 73.7 Å². The lowest BCUT2D eigenvalue weighted by Crippen LogP contribution is -2.46. The minimum absolute atomic E-state index is 0.0744. The molecule has 1 atom stereocenters. The molecule has 0 spiro atoms. The van der Waals surface area contributed by atoms with Crippen LogP contribution in [0.2, 0.25) is 0 Å². The summed E-state index contributed by atoms with van der Waals surface area (Å²) in [5.74, 6) is 1.86. The van der Waals surface area contributed by atoms with Gasteiger partial charge in [0.25, 0.3) is 5.88 Å². The topological polar surface area (TPSA) is 146 Å². The second-order valence-electron chi connectivity index (χ2n) is 13.7. The molecule has 14 nitrogen and oxygen atoms in total. The summed E-state index contributed by atoms with van der Waals surface area (Å²) in [4.78, 5) is 40.5. The Morgan fingerprint density at radius 2 is 1.94 bits per heavy atom. The number of carbonyl (C=O) groups is 1. The molecule has 2 aliphatic heterocycles. The van der Waals surface area contributed by atoms with Crippen molar-refractivity contribution in [3.05, 3.63) is 77.5 Å². The zero-order chi connectivity index (χ0) is 36.5. The molecule has 3 aliphatic rings. The van der Waals surface area contributed by atoms with Crippen molar-refractivity contribution in [1.82, 2.24) is 39.7 Å². The van der Waals surface area contributed by atoms with Crippen LogP contribution in [0.5, 0.6) is 11.6 Å². The molecule has 0 unspecified atom stereocenters. The number of thioether (sulfide) groups is 1. The molecular formula is C38H43N10O4S+. The second-order valence-corrected chi connectivity index (χ2v) is 14.9. The van der Waals surface area contributed by atoms with Crippen LogP contribution < -0.4 is 14.9 Å². The van der Waals surface area contributed by atoms with Gasteiger partial charge in [-0.25, -0.2) is 9.97 Å². The number of nitrogens with one attached hydrogen (secondary N) is 2. The van der Waals surface area contributed by atoms with Gasteiger partial charge in [-0.05, 0) is 73.9 Å². The number of aryl methyl sites for hydroxylation is 1. The smallest absolute Gasteiger partial charge is 0.302 e. The lowest BCUT2D eigenvalue weighted by molar-refractivity contribution is -0.568. The van der Waals surface area contributed by atoms with Crippen LogP contribution in [0.25, 0.3) is 39.3 Å². The zero-order valence-corrected chi connectivity index (χ0v) is 30.9. The van der Waals surface area contributed by atoms with Gasteiger partial charge in [-0.2, -0.15) is 10.2 Å². The number of carbonyl (C=O) groups excluding carboxylic acids is 1. The third-order valence-electron chi connectivity index (χ3n) is 10.0. The molecule has 2 fully saturated rings. The van der Waals surface area contributed by atoms with E-state index in [-0.39, 0.29) is 18.6 Å². The van der Waals surface area contributed by atoms with Crippen molar-refractivity contribution < 1.29 is 19.1 Å². The van der Waals surface area contributed by atoms with Crippen molar-refractivity contribution in [1.29, 1.82) is 0 Å². The number of likely N-dealkylation sites (tertiary alicyclic amines) is 1. The normalized spacial score (nSPS) is 19.0. The van der Waals surface area contributed by atoms with E-state index in [2.05, 4.69) is 48.8 Å². The predicted molar refractivity (Wildman–Crippen MR) is 204 cm³/mol. The number of rotatable bonds is 13. The molecule has 2 aromatic carbocycles. The maximum atomic E-state index is 13.8. The highest BCUT2D eigenvalue weighted by molar-refractivity contribution is 7.99. The van der Waals surface area contributed by atoms with Crippen molar-refractivity contribution >= 4 is 39.8 Å². The average molecular weight is 736 g/mol. The Bertz CT molecular complexity index is 2180. The van der Waals surface area contributed by atoms with Crippen molar-refractivity contribution in [3.8, 4) is 34.4 Å². The SMILES string of the molecule is CCOc1nc(-c2n[nH]c3ccc(N[N+](=O)[C@]4(SC)CCN(CC(=O)N5CC=C(c6ccc(-c7ncn(C)n7)cc6)CC5)C4)cc23)ccc1OC1CC1. The van der Waals surface area contributed by atoms with Crippen molar-refractivity contribution in [2.45, 2.75) is 43.6 Å². The van der Waals surface area contributed by atoms with E-state index in [4.69, 9.17) is 14.5 Å². The Kier molecular flexibility index (Phi) is 9.60. The number of amides is 1. The molecule has 8 rings (SSSR count). The van der Waals surface area contributed by atoms with E-state index in [9.17, 15) is 9.70 Å². The van der Waals surface area contributed by atoms with Crippen LogP contribution in [0.3, 0.4) is 0 Å². The van der Waals surface area contributed by atoms with Gasteiger partial charge < -0.3 is 14.4 Å². The first-order valence-corrected chi connectivity index (χ1v) is 19.3. The molecule has 2 N–H and O–H groups in total. The summed E-state index contributed by atoms with van der Waals surface area (Å²) in [6, 6.07) is 17.7. The number of fused-ring (bicyclic) bond motifs is 1. The number of aromatic amines is 1. The molecule has 53 heavy (non-hydrogen) atoms. The van der Waals surface area contributed by atoms with E-state index in [1.807, 2.05) is 67.6 Å². The van der Waals surface area contributed by atoms with E-state index in [1.165, 1.54) is 17.3 Å². The molecule has 1 saturated carbocycles. The summed E-state index contributed by atoms with van der Waals surface area (Å²) < 4.78 is 13.5. The summed E-state index contributed by atoms with van der Waals surface area (Å²) in [5, 5.41) is 12.8. The maximum absolute atomic E-state index is 13.8. The van der Waals surface area contributed by atoms with Gasteiger partial charge in [-0.15, -0.1) is 5.43 Å². The molecule has 1 saturated heterocycles. The third-order valence-corrected chi connectivity index (χ3v) is 11.3. The van der Waals surface area contributed by atoms with E-state index in [0.717, 1.165) is 46.2 Å². The lowest BCUT2D eigenvalue weighted by atomic mass is 9.98. The molecule has 274 valence electrons. The summed E-state index contributed by atoms with van der Waals surface area (Å²) in [6.07, 6.45) is 9.49. The number of H-pyrrole nitrogens is 1. The number of benzene rings is 2. The maximum Gasteiger partial charge on any atom is 0.302 e. The standard InChI is InChI=1S/C38H43N10O4S/c1-4-51-37-33(52-29-10-11-29)14-13-32(40-37)35-30-21-28(9-12-31(30)41-42-35)43-48(50)38(53-3)17-20-46(23-38)22-34(49)47-18-15-26(16-19-47)25-5-7-27(8-6-25)36-39-24-45(2)44-36/h5-9,12-15,21,24,29H,4,10-11,16-20,22-23H2,1-3H3,(H,41,42)(H,43,50)/q+1/t38-/m0/s1. The fourth-order valence-electron chi connectivity index (χ4n) is 6.90. The summed E-state index contributed by atoms with van der Waals surface area (Å²) >= 11 is 1.51. The van der Waals surface area contributed by atoms with Gasteiger partial charge in [0, 0.05) is 44.1 Å². The molecule has 1 aliphatic carbocycles. The Balaban J connectivity index is 0.891. The first-order chi connectivity index (χ1) is 25.8. The molecule has 3 aromatic heterocycles. The van der Waals surface area contributed by atoms with Gasteiger partial charge in [-0.1, -0.05) is 42.1 Å². The third kappa shape index (κ3) is 7.35. The Morgan fingerprint density at radius 3 is 2.66 bits per heavy atom. The largest absolute Gasteiger partial charge is 0.485 e. The van der Waals surface area contributed by atoms with Crippen molar-refractivity contribution in [3.63, 3.8) is 0 Å². The average Bonchev–Trinajstić information content (AvgIpc) is 3.51. The fourth-order valence-corrected chi connectivity index (χ4v) is 7.72. The molecule has 5 aromatic rings. The minimum atomic E-state index is -0.758. The Morgan fingerprint density at radius 1 is 1.11 bits per heavy atom. The lowest BCUT2D eigenvalue weighted by Gasteiger charge is -2.28. The van der Waals surface area contributed by atoms with Crippen LogP contribution in [0.1, 0.15) is 38.2 Å². The van der Waals surface area contributed by atoms with Gasteiger partial charge >= 0.3 is 4.87 Å². The number of anilines is 1. The molecule has 5 heterocycles. The molecule has 0 radical (unpaired) electrons. The van der Waals surface area contributed by atoms with Gasteiger partial charge in [-0.3, -0.25) is 19.5 Å². The summed E-state index contributed by atoms with van der Waals surface area (Å²) in [7, 11) is 1.85. The van der Waals surface area contributed by atoms with Crippen molar-refractivity contribution in [2.24, 2.45) is 7.05 Å². The summed E-state index contributed by atoms with van der Waals surface area (Å²) in [5.41, 5.74) is 9.19. The predicted octanol–water partition coefficient (Wildman–Crippen LogP) is 5.55. The van der Waals surface area contributed by atoms with Crippen LogP contribution in [0, 0.1) is 4.91 Å². The zero-order valence-electron chi connectivity index (χ0n) is 30.1. The number of ether oxygens (including phenoxy) is 2. The number of nitrogens with zero attached hydrogens (tertiary/aromatic N) is 8. The number of pyridine rings is 1. The molecular weight excluding hydrogens is 693 g/mol. The Labute approximate surface area is 311 Å². The number of hydrogen-bond donors (Lipinski definition) is 2. The van der Waals surface area contributed by atoms with Gasteiger partial charge in [0.15, 0.2) is 11.6 Å². The van der Waals surface area contributed by atoms with Crippen molar-refractivity contribution in [2.75, 3.05) is 51.0 Å². The Hall–Kier alpha value is -5.28. The number of aromatic nitrogens is 6. The highest BCUT2D eigenvalue weighted by atomic mass is 32.2. The number of hydrogen-bond acceptors (Lipinski definition) is 10. The van der Waals surface area contributed by atoms with Gasteiger partial charge in [0.2, 0.25) is 5.91 Å². The van der Waals surface area contributed by atoms with Gasteiger partial charge in [0.05, 0.1) is 41.9 Å². The van der Waals surface area contributed by atoms with E-state index in [1.54, 1.807) is 11.0 Å². The van der Waals surface area contributed by atoms with Gasteiger partial charge in [0.1, 0.15) is 22.6 Å². The first kappa shape index (κ1) is 34.8. The van der Waals surface area contributed by atoms with Crippen LogP contribution in [-0.2, 0) is 11.8 Å². The quantitative estimate of drug-likeness (QED) is 0.0892. The number of hydrazine groups is 1. The fraction of sp³-hybridized carbons (Fsp3) is 0.395. The molecule has 0 bridgehead atoms. The van der Waals surface area contributed by atoms with Crippen LogP contribution in [0.15, 0.2) is 67.0 Å². The van der Waals surface area contributed by atoms with Crippen LogP contribution >= 0.6 is 11.8 Å². The highest BCUT2D eigenvalue weighted by Gasteiger charge is 2.52. The van der Waals surface area contributed by atoms with E-state index >= 15 is 0 Å². The monoisotopic (exact) mass is 735 g/mol. The van der Waals surface area contributed by atoms with E-state index < -0.39 is 4.87 Å². The number of nitroso groups, excluding NO2 is 1. The van der Waals surface area contributed by atoms with Crippen LogP contribution in [-0.4, -0.2) is 107 Å². The molecule has 1 amide bonds. The second kappa shape index (κ2) is 14.6. The highest BCUT2D eigenvalue weighted by Crippen LogP contribution is 2.38. The summed E-state index contributed by atoms with van der Waals surface area (Å²) in [6.45, 7) is 4.99. The first-order valence-electron chi connectivity index (χ1n) is 18.0. The minimum Gasteiger partial charge on any atom is -0.485 e.